The molecule has 0 atom stereocenters. The van der Waals surface area contributed by atoms with E-state index < -0.39 is 0 Å². The molecule has 0 saturated carbocycles. The van der Waals surface area contributed by atoms with Gasteiger partial charge in [-0.3, -0.25) is 4.79 Å². The molecule has 0 spiro atoms. The number of ether oxygens (including phenoxy) is 2. The summed E-state index contributed by atoms with van der Waals surface area (Å²) >= 11 is 1.46. The maximum atomic E-state index is 12.6. The highest BCUT2D eigenvalue weighted by atomic mass is 32.1. The van der Waals surface area contributed by atoms with Crippen LogP contribution in [0.15, 0.2) is 16.5 Å². The number of carbonyl (C=O) groups excluding carboxylic acids is 2. The monoisotopic (exact) mass is 377 g/mol. The van der Waals surface area contributed by atoms with Crippen LogP contribution in [0.1, 0.15) is 63.8 Å². The minimum atomic E-state index is -0.378. The molecule has 140 valence electrons. The summed E-state index contributed by atoms with van der Waals surface area (Å²) in [5.41, 5.74) is 1.52. The third-order valence-electron chi connectivity index (χ3n) is 4.21. The molecule has 2 heterocycles. The van der Waals surface area contributed by atoms with Crippen LogP contribution in [0.25, 0.3) is 0 Å². The third-order valence-corrected chi connectivity index (χ3v) is 5.42. The lowest BCUT2D eigenvalue weighted by Gasteiger charge is -2.12. The predicted molar refractivity (Wildman–Crippen MR) is 98.9 cm³/mol. The van der Waals surface area contributed by atoms with Crippen molar-refractivity contribution in [2.24, 2.45) is 0 Å². The average Bonchev–Trinajstić information content (AvgIpc) is 3.24. The first-order chi connectivity index (χ1) is 12.6. The van der Waals surface area contributed by atoms with E-state index in [1.807, 2.05) is 6.92 Å². The molecule has 0 aromatic carbocycles. The molecular weight excluding hydrogens is 354 g/mol. The van der Waals surface area contributed by atoms with Crippen LogP contribution in [0.3, 0.4) is 0 Å². The Kier molecular flexibility index (Phi) is 6.11. The minimum absolute atomic E-state index is 0.195. The topological polar surface area (TPSA) is 77.8 Å². The molecule has 6 nitrogen and oxygen atoms in total. The smallest absolute Gasteiger partial charge is 0.341 e. The summed E-state index contributed by atoms with van der Waals surface area (Å²) in [7, 11) is 0. The minimum Gasteiger partial charge on any atom is -0.462 e. The molecule has 2 aromatic rings. The zero-order valence-corrected chi connectivity index (χ0v) is 15.9. The molecule has 0 fully saturated rings. The van der Waals surface area contributed by atoms with Gasteiger partial charge in [0.2, 0.25) is 0 Å². The van der Waals surface area contributed by atoms with Gasteiger partial charge >= 0.3 is 5.97 Å². The van der Waals surface area contributed by atoms with Crippen molar-refractivity contribution >= 4 is 28.2 Å². The van der Waals surface area contributed by atoms with Crippen LogP contribution in [0.4, 0.5) is 5.00 Å². The summed E-state index contributed by atoms with van der Waals surface area (Å²) in [5, 5.41) is 3.38. The molecule has 0 saturated heterocycles. The van der Waals surface area contributed by atoms with Crippen molar-refractivity contribution in [3.63, 3.8) is 0 Å². The van der Waals surface area contributed by atoms with Crippen molar-refractivity contribution in [2.45, 2.75) is 46.1 Å². The number of aryl methyl sites for hydroxylation is 1. The zero-order chi connectivity index (χ0) is 18.5. The summed E-state index contributed by atoms with van der Waals surface area (Å²) in [6.45, 7) is 4.87. The van der Waals surface area contributed by atoms with Crippen LogP contribution in [-0.4, -0.2) is 25.1 Å². The van der Waals surface area contributed by atoms with E-state index in [1.165, 1.54) is 11.3 Å². The Hall–Kier alpha value is -2.12. The fraction of sp³-hybridized carbons (Fsp3) is 0.474. The van der Waals surface area contributed by atoms with Crippen molar-refractivity contribution in [3.05, 3.63) is 39.7 Å². The van der Waals surface area contributed by atoms with Gasteiger partial charge in [-0.05, 0) is 57.2 Å². The van der Waals surface area contributed by atoms with E-state index in [1.54, 1.807) is 19.1 Å². The quantitative estimate of drug-likeness (QED) is 0.732. The van der Waals surface area contributed by atoms with E-state index in [0.717, 1.165) is 36.1 Å². The number of thiophene rings is 1. The first-order valence-electron chi connectivity index (χ1n) is 8.93. The summed E-state index contributed by atoms with van der Waals surface area (Å²) < 4.78 is 16.0. The summed E-state index contributed by atoms with van der Waals surface area (Å²) in [6, 6.07) is 3.33. The first kappa shape index (κ1) is 18.7. The van der Waals surface area contributed by atoms with Gasteiger partial charge in [0, 0.05) is 11.5 Å². The highest BCUT2D eigenvalue weighted by molar-refractivity contribution is 7.17. The Bertz CT molecular complexity index is 792. The van der Waals surface area contributed by atoms with E-state index in [9.17, 15) is 9.59 Å². The molecule has 0 aliphatic heterocycles. The largest absolute Gasteiger partial charge is 0.462 e. The number of nitrogens with one attached hydrogen (secondary N) is 1. The van der Waals surface area contributed by atoms with Gasteiger partial charge in [-0.1, -0.05) is 0 Å². The van der Waals surface area contributed by atoms with Gasteiger partial charge in [0.05, 0.1) is 12.2 Å². The molecular formula is C19H23NO5S. The van der Waals surface area contributed by atoms with Gasteiger partial charge in [0.25, 0.3) is 5.91 Å². The van der Waals surface area contributed by atoms with Gasteiger partial charge in [-0.25, -0.2) is 4.79 Å². The number of esters is 1. The van der Waals surface area contributed by atoms with Crippen LogP contribution in [0.5, 0.6) is 0 Å². The highest BCUT2D eigenvalue weighted by Gasteiger charge is 2.27. The van der Waals surface area contributed by atoms with Crippen LogP contribution in [0, 0.1) is 0 Å². The molecule has 1 aliphatic carbocycles. The van der Waals surface area contributed by atoms with Crippen molar-refractivity contribution < 1.29 is 23.5 Å². The van der Waals surface area contributed by atoms with E-state index in [2.05, 4.69) is 5.32 Å². The standard InChI is InChI=1S/C19H23NO5S/c1-3-23-11-12-9-10-14(25-12)17(21)20-18-16(19(22)24-4-2)13-7-5-6-8-15(13)26-18/h9-10H,3-8,11H2,1-2H3,(H,20,21). The Balaban J connectivity index is 1.82. The van der Waals surface area contributed by atoms with Gasteiger partial charge < -0.3 is 19.2 Å². The molecule has 1 N–H and O–H groups in total. The van der Waals surface area contributed by atoms with Crippen molar-refractivity contribution in [1.29, 1.82) is 0 Å². The lowest BCUT2D eigenvalue weighted by Crippen LogP contribution is -2.15. The fourth-order valence-electron chi connectivity index (χ4n) is 3.02. The number of furan rings is 1. The Morgan fingerprint density at radius 1 is 1.19 bits per heavy atom. The van der Waals surface area contributed by atoms with Gasteiger partial charge in [0.15, 0.2) is 5.76 Å². The molecule has 1 amide bonds. The molecule has 1 aliphatic rings. The first-order valence-corrected chi connectivity index (χ1v) is 9.75. The molecule has 2 aromatic heterocycles. The highest BCUT2D eigenvalue weighted by Crippen LogP contribution is 2.38. The lowest BCUT2D eigenvalue weighted by atomic mass is 9.95. The lowest BCUT2D eigenvalue weighted by molar-refractivity contribution is 0.0526. The van der Waals surface area contributed by atoms with Crippen LogP contribution in [0.2, 0.25) is 0 Å². The van der Waals surface area contributed by atoms with E-state index in [4.69, 9.17) is 13.9 Å². The Labute approximate surface area is 156 Å². The second-order valence-corrected chi connectivity index (χ2v) is 7.10. The third kappa shape index (κ3) is 3.99. The van der Waals surface area contributed by atoms with Crippen LogP contribution < -0.4 is 5.32 Å². The predicted octanol–water partition coefficient (Wildman–Crippen LogP) is 4.19. The SMILES string of the molecule is CCOCc1ccc(C(=O)Nc2sc3c(c2C(=O)OCC)CCCC3)o1. The van der Waals surface area contributed by atoms with Gasteiger partial charge in [0.1, 0.15) is 17.4 Å². The Morgan fingerprint density at radius 2 is 2.00 bits per heavy atom. The van der Waals surface area contributed by atoms with E-state index in [0.29, 0.717) is 36.1 Å². The number of fused-ring (bicyclic) bond motifs is 1. The average molecular weight is 377 g/mol. The maximum Gasteiger partial charge on any atom is 0.341 e. The second kappa shape index (κ2) is 8.51. The van der Waals surface area contributed by atoms with Gasteiger partial charge in [-0.2, -0.15) is 0 Å². The number of amides is 1. The van der Waals surface area contributed by atoms with E-state index >= 15 is 0 Å². The number of hydrogen-bond acceptors (Lipinski definition) is 6. The number of carbonyl (C=O) groups is 2. The van der Waals surface area contributed by atoms with Gasteiger partial charge in [-0.15, -0.1) is 11.3 Å². The molecule has 26 heavy (non-hydrogen) atoms. The number of hydrogen-bond donors (Lipinski definition) is 1. The maximum absolute atomic E-state index is 12.6. The molecule has 7 heteroatoms. The molecule has 0 radical (unpaired) electrons. The normalized spacial score (nSPS) is 13.3. The number of anilines is 1. The summed E-state index contributed by atoms with van der Waals surface area (Å²) in [5.74, 6) is 0.0320. The summed E-state index contributed by atoms with van der Waals surface area (Å²) in [4.78, 5) is 26.1. The van der Waals surface area contributed by atoms with Crippen molar-refractivity contribution in [3.8, 4) is 0 Å². The van der Waals surface area contributed by atoms with Crippen molar-refractivity contribution in [1.82, 2.24) is 0 Å². The Morgan fingerprint density at radius 3 is 2.77 bits per heavy atom. The van der Waals surface area contributed by atoms with Crippen LogP contribution in [-0.2, 0) is 28.9 Å². The molecule has 0 unspecified atom stereocenters. The number of rotatable bonds is 7. The second-order valence-electron chi connectivity index (χ2n) is 5.99. The van der Waals surface area contributed by atoms with Crippen LogP contribution >= 0.6 is 11.3 Å². The van der Waals surface area contributed by atoms with Crippen molar-refractivity contribution in [2.75, 3.05) is 18.5 Å². The molecule has 0 bridgehead atoms. The fourth-order valence-corrected chi connectivity index (χ4v) is 4.29. The molecule has 3 rings (SSSR count). The van der Waals surface area contributed by atoms with E-state index in [-0.39, 0.29) is 17.6 Å². The zero-order valence-electron chi connectivity index (χ0n) is 15.1. The summed E-state index contributed by atoms with van der Waals surface area (Å²) in [6.07, 6.45) is 3.92.